The molecule has 0 unspecified atom stereocenters. The molecule has 0 aromatic carbocycles. The number of nitrogens with zero attached hydrogens (tertiary/aromatic N) is 2. The predicted octanol–water partition coefficient (Wildman–Crippen LogP) is 0.831. The van der Waals surface area contributed by atoms with Gasteiger partial charge >= 0.3 is 6.18 Å². The van der Waals surface area contributed by atoms with Gasteiger partial charge in [-0.15, -0.1) is 0 Å². The van der Waals surface area contributed by atoms with Crippen LogP contribution in [0.15, 0.2) is 12.3 Å². The molecule has 18 heavy (non-hydrogen) atoms. The van der Waals surface area contributed by atoms with E-state index in [0.29, 0.717) is 6.54 Å². The van der Waals surface area contributed by atoms with Gasteiger partial charge in [0.2, 0.25) is 5.91 Å². The molecule has 1 aromatic heterocycles. The topological polar surface area (TPSA) is 61.0 Å². The fraction of sp³-hybridized carbons (Fsp3) is 0.400. The first-order valence-electron chi connectivity index (χ1n) is 5.20. The van der Waals surface area contributed by atoms with Crippen LogP contribution in [0.5, 0.6) is 0 Å². The number of rotatable bonds is 1. The third-order valence-electron chi connectivity index (χ3n) is 2.64. The molecule has 0 atom stereocenters. The average Bonchev–Trinajstić information content (AvgIpc) is 2.70. The van der Waals surface area contributed by atoms with E-state index in [1.54, 1.807) is 0 Å². The first-order chi connectivity index (χ1) is 8.41. The minimum atomic E-state index is -4.56. The Morgan fingerprint density at radius 1 is 1.44 bits per heavy atom. The van der Waals surface area contributed by atoms with E-state index < -0.39 is 11.9 Å². The first kappa shape index (κ1) is 12.6. The van der Waals surface area contributed by atoms with E-state index in [4.69, 9.17) is 0 Å². The summed E-state index contributed by atoms with van der Waals surface area (Å²) in [5.74, 6) is -0.298. The molecule has 0 saturated carbocycles. The molecule has 5 nitrogen and oxygen atoms in total. The molecular weight excluding hydrogens is 249 g/mol. The van der Waals surface area contributed by atoms with Crippen LogP contribution in [-0.2, 0) is 11.0 Å². The summed E-state index contributed by atoms with van der Waals surface area (Å²) < 4.78 is 38.2. The maximum absolute atomic E-state index is 12.7. The highest BCUT2D eigenvalue weighted by atomic mass is 19.4. The number of aromatic amines is 1. The largest absolute Gasteiger partial charge is 0.435 e. The van der Waals surface area contributed by atoms with Gasteiger partial charge in [0.05, 0.1) is 12.2 Å². The van der Waals surface area contributed by atoms with Gasteiger partial charge in [-0.3, -0.25) is 9.89 Å². The number of carbonyl (C=O) groups excluding carboxylic acids is 1. The predicted molar refractivity (Wildman–Crippen MR) is 57.2 cm³/mol. The van der Waals surface area contributed by atoms with E-state index in [9.17, 15) is 18.0 Å². The molecule has 0 radical (unpaired) electrons. The van der Waals surface area contributed by atoms with Crippen LogP contribution >= 0.6 is 0 Å². The molecule has 0 saturated heterocycles. The summed E-state index contributed by atoms with van der Waals surface area (Å²) in [4.78, 5) is 12.8. The van der Waals surface area contributed by atoms with Gasteiger partial charge < -0.3 is 10.2 Å². The van der Waals surface area contributed by atoms with Crippen LogP contribution in [0.25, 0.3) is 5.70 Å². The van der Waals surface area contributed by atoms with Crippen molar-refractivity contribution >= 4 is 11.6 Å². The fourth-order valence-corrected chi connectivity index (χ4v) is 1.73. The fourth-order valence-electron chi connectivity index (χ4n) is 1.73. The molecule has 1 aromatic rings. The molecule has 2 heterocycles. The van der Waals surface area contributed by atoms with E-state index >= 15 is 0 Å². The second-order valence-corrected chi connectivity index (χ2v) is 3.82. The molecule has 0 spiro atoms. The van der Waals surface area contributed by atoms with Gasteiger partial charge in [0.1, 0.15) is 0 Å². The molecule has 1 amide bonds. The summed E-state index contributed by atoms with van der Waals surface area (Å²) in [6.07, 6.45) is -1.88. The van der Waals surface area contributed by atoms with E-state index in [1.807, 2.05) is 0 Å². The molecule has 1 aliphatic rings. The van der Waals surface area contributed by atoms with Crippen LogP contribution in [0.3, 0.4) is 0 Å². The van der Waals surface area contributed by atoms with Gasteiger partial charge in [-0.25, -0.2) is 0 Å². The summed E-state index contributed by atoms with van der Waals surface area (Å²) in [6.45, 7) is 0.420. The van der Waals surface area contributed by atoms with Gasteiger partial charge in [0, 0.05) is 25.4 Å². The van der Waals surface area contributed by atoms with Gasteiger partial charge in [0.15, 0.2) is 5.69 Å². The first-order valence-corrected chi connectivity index (χ1v) is 5.20. The zero-order valence-corrected chi connectivity index (χ0v) is 9.51. The molecule has 8 heteroatoms. The average molecular weight is 260 g/mol. The number of likely N-dealkylation sites (N-methyl/N-ethyl adjacent to an activating group) is 1. The molecule has 0 bridgehead atoms. The maximum Gasteiger partial charge on any atom is 0.435 e. The number of halogens is 3. The molecular formula is C10H11F3N4O. The highest BCUT2D eigenvalue weighted by Crippen LogP contribution is 2.34. The quantitative estimate of drug-likeness (QED) is 0.786. The minimum absolute atomic E-state index is 0.0930. The number of carbonyl (C=O) groups is 1. The third-order valence-corrected chi connectivity index (χ3v) is 2.64. The molecule has 98 valence electrons. The highest BCUT2D eigenvalue weighted by Gasteiger charge is 2.38. The van der Waals surface area contributed by atoms with Crippen LogP contribution in [-0.4, -0.2) is 41.1 Å². The summed E-state index contributed by atoms with van der Waals surface area (Å²) in [5.41, 5.74) is -0.941. The summed E-state index contributed by atoms with van der Waals surface area (Å²) in [7, 11) is 1.44. The standard InChI is InChI=1S/C10H11F3N4O/c1-17-7(2-3-14-5-8(17)18)6-4-15-16-9(6)10(11,12)13/h2,4,14H,3,5H2,1H3,(H,15,16). The Morgan fingerprint density at radius 3 is 2.83 bits per heavy atom. The lowest BCUT2D eigenvalue weighted by atomic mass is 10.1. The number of alkyl halides is 3. The lowest BCUT2D eigenvalue weighted by Gasteiger charge is -2.19. The molecule has 0 fully saturated rings. The lowest BCUT2D eigenvalue weighted by molar-refractivity contribution is -0.141. The van der Waals surface area contributed by atoms with Gasteiger partial charge in [0.25, 0.3) is 0 Å². The van der Waals surface area contributed by atoms with Crippen molar-refractivity contribution in [3.63, 3.8) is 0 Å². The number of hydrogen-bond donors (Lipinski definition) is 2. The molecule has 0 aliphatic carbocycles. The molecule has 2 rings (SSSR count). The van der Waals surface area contributed by atoms with Crippen LogP contribution < -0.4 is 5.32 Å². The van der Waals surface area contributed by atoms with Crippen molar-refractivity contribution in [3.05, 3.63) is 23.5 Å². The highest BCUT2D eigenvalue weighted by molar-refractivity contribution is 5.89. The Labute approximate surface area is 101 Å². The Hall–Kier alpha value is -1.83. The van der Waals surface area contributed by atoms with Gasteiger partial charge in [-0.05, 0) is 6.08 Å². The van der Waals surface area contributed by atoms with Gasteiger partial charge in [-0.2, -0.15) is 18.3 Å². The van der Waals surface area contributed by atoms with E-state index in [1.165, 1.54) is 18.0 Å². The number of amides is 1. The minimum Gasteiger partial charge on any atom is -0.314 e. The number of H-pyrrole nitrogens is 1. The summed E-state index contributed by atoms with van der Waals surface area (Å²) >= 11 is 0. The van der Waals surface area contributed by atoms with Crippen LogP contribution in [0.2, 0.25) is 0 Å². The van der Waals surface area contributed by atoms with Crippen molar-refractivity contribution in [2.75, 3.05) is 20.1 Å². The molecule has 2 N–H and O–H groups in total. The van der Waals surface area contributed by atoms with Crippen molar-refractivity contribution in [3.8, 4) is 0 Å². The van der Waals surface area contributed by atoms with Crippen LogP contribution in [0.4, 0.5) is 13.2 Å². The Bertz CT molecular complexity index is 492. The number of hydrogen-bond acceptors (Lipinski definition) is 3. The molecule has 1 aliphatic heterocycles. The van der Waals surface area contributed by atoms with Gasteiger partial charge in [-0.1, -0.05) is 0 Å². The number of aromatic nitrogens is 2. The van der Waals surface area contributed by atoms with Crippen LogP contribution in [0, 0.1) is 0 Å². The second-order valence-electron chi connectivity index (χ2n) is 3.82. The van der Waals surface area contributed by atoms with E-state index in [2.05, 4.69) is 15.5 Å². The second kappa shape index (κ2) is 4.45. The number of nitrogens with one attached hydrogen (secondary N) is 2. The Balaban J connectivity index is 2.45. The van der Waals surface area contributed by atoms with Crippen molar-refractivity contribution in [1.82, 2.24) is 20.4 Å². The SMILES string of the molecule is CN1C(=O)CNCC=C1c1c[nH]nc1C(F)(F)F. The van der Waals surface area contributed by atoms with Crippen LogP contribution in [0.1, 0.15) is 11.3 Å². The zero-order valence-electron chi connectivity index (χ0n) is 9.51. The summed E-state index contributed by atoms with van der Waals surface area (Å²) in [5, 5.41) is 8.19. The van der Waals surface area contributed by atoms with E-state index in [-0.39, 0.29) is 23.7 Å². The van der Waals surface area contributed by atoms with E-state index in [0.717, 1.165) is 6.20 Å². The monoisotopic (exact) mass is 260 g/mol. The van der Waals surface area contributed by atoms with Crippen molar-refractivity contribution in [2.24, 2.45) is 0 Å². The third kappa shape index (κ3) is 2.23. The van der Waals surface area contributed by atoms with Crippen molar-refractivity contribution in [2.45, 2.75) is 6.18 Å². The summed E-state index contributed by atoms with van der Waals surface area (Å²) in [6, 6.07) is 0. The van der Waals surface area contributed by atoms with Crippen molar-refractivity contribution < 1.29 is 18.0 Å². The van der Waals surface area contributed by atoms with Crippen molar-refractivity contribution in [1.29, 1.82) is 0 Å². The zero-order chi connectivity index (χ0) is 13.3. The Morgan fingerprint density at radius 2 is 2.17 bits per heavy atom. The smallest absolute Gasteiger partial charge is 0.314 e. The maximum atomic E-state index is 12.7. The normalized spacial score (nSPS) is 17.7. The lowest BCUT2D eigenvalue weighted by Crippen LogP contribution is -2.31. The Kier molecular flexibility index (Phi) is 3.12.